The van der Waals surface area contributed by atoms with E-state index in [-0.39, 0.29) is 21.7 Å². The van der Waals surface area contributed by atoms with Crippen LogP contribution in [0.25, 0.3) is 0 Å². The first-order chi connectivity index (χ1) is 15.8. The van der Waals surface area contributed by atoms with Crippen molar-refractivity contribution < 1.29 is 32.2 Å². The fourth-order valence-corrected chi connectivity index (χ4v) is 4.19. The van der Waals surface area contributed by atoms with Crippen LogP contribution >= 0.6 is 0 Å². The maximum atomic E-state index is 13.2. The Hall–Kier alpha value is -3.85. The van der Waals surface area contributed by atoms with Crippen molar-refractivity contribution in [3.05, 3.63) is 89.5 Å². The van der Waals surface area contributed by atoms with Crippen LogP contribution in [0.1, 0.15) is 26.3 Å². The lowest BCUT2D eigenvalue weighted by Crippen LogP contribution is -2.27. The van der Waals surface area contributed by atoms with E-state index >= 15 is 0 Å². The molecule has 0 spiro atoms. The van der Waals surface area contributed by atoms with Gasteiger partial charge in [0.2, 0.25) is 0 Å². The SMILES string of the molecule is COC(=O)c1cc(C(=O)OC)cc(N(C)S(=O)(=O)c2ccc(OCc3ccccc3)cc2)c1. The van der Waals surface area contributed by atoms with Crippen LogP contribution in [0, 0.1) is 0 Å². The van der Waals surface area contributed by atoms with Gasteiger partial charge in [0.25, 0.3) is 10.0 Å². The molecule has 3 aromatic carbocycles. The number of carbonyl (C=O) groups is 2. The zero-order valence-electron chi connectivity index (χ0n) is 18.3. The van der Waals surface area contributed by atoms with Crippen molar-refractivity contribution in [2.75, 3.05) is 25.6 Å². The summed E-state index contributed by atoms with van der Waals surface area (Å²) < 4.78 is 42.4. The van der Waals surface area contributed by atoms with Crippen molar-refractivity contribution in [2.45, 2.75) is 11.5 Å². The van der Waals surface area contributed by atoms with Crippen molar-refractivity contribution in [3.63, 3.8) is 0 Å². The number of hydrogen-bond acceptors (Lipinski definition) is 7. The zero-order valence-corrected chi connectivity index (χ0v) is 19.2. The summed E-state index contributed by atoms with van der Waals surface area (Å²) >= 11 is 0. The van der Waals surface area contributed by atoms with Gasteiger partial charge in [-0.3, -0.25) is 4.31 Å². The van der Waals surface area contributed by atoms with Gasteiger partial charge < -0.3 is 14.2 Å². The quantitative estimate of drug-likeness (QED) is 0.464. The molecule has 0 aliphatic carbocycles. The zero-order chi connectivity index (χ0) is 24.0. The predicted molar refractivity (Wildman–Crippen MR) is 122 cm³/mol. The molecular formula is C24H23NO7S. The van der Waals surface area contributed by atoms with E-state index < -0.39 is 22.0 Å². The van der Waals surface area contributed by atoms with Gasteiger partial charge in [-0.25, -0.2) is 18.0 Å². The van der Waals surface area contributed by atoms with Gasteiger partial charge >= 0.3 is 11.9 Å². The van der Waals surface area contributed by atoms with E-state index in [0.29, 0.717) is 12.4 Å². The van der Waals surface area contributed by atoms with Crippen LogP contribution in [-0.4, -0.2) is 41.6 Å². The van der Waals surface area contributed by atoms with Crippen LogP contribution in [0.15, 0.2) is 77.7 Å². The normalized spacial score (nSPS) is 10.9. The third kappa shape index (κ3) is 5.50. The Bertz CT molecular complexity index is 1210. The highest BCUT2D eigenvalue weighted by atomic mass is 32.2. The van der Waals surface area contributed by atoms with Crippen molar-refractivity contribution in [3.8, 4) is 5.75 Å². The van der Waals surface area contributed by atoms with E-state index in [4.69, 9.17) is 14.2 Å². The molecule has 3 aromatic rings. The number of hydrogen-bond donors (Lipinski definition) is 0. The van der Waals surface area contributed by atoms with Crippen LogP contribution in [-0.2, 0) is 26.1 Å². The first-order valence-electron chi connectivity index (χ1n) is 9.83. The minimum absolute atomic E-state index is 0.0140. The summed E-state index contributed by atoms with van der Waals surface area (Å²) in [6.45, 7) is 0.351. The summed E-state index contributed by atoms with van der Waals surface area (Å²) in [4.78, 5) is 24.0. The second kappa shape index (κ2) is 10.2. The molecule has 0 atom stereocenters. The minimum atomic E-state index is -4.00. The summed E-state index contributed by atoms with van der Waals surface area (Å²) in [6.07, 6.45) is 0. The predicted octanol–water partition coefficient (Wildman–Crippen LogP) is 3.66. The average Bonchev–Trinajstić information content (AvgIpc) is 2.86. The Balaban J connectivity index is 1.86. The summed E-state index contributed by atoms with van der Waals surface area (Å²) in [5.74, 6) is -0.915. The number of methoxy groups -OCH3 is 2. The molecule has 0 unspecified atom stereocenters. The molecule has 33 heavy (non-hydrogen) atoms. The van der Waals surface area contributed by atoms with Crippen LogP contribution in [0.4, 0.5) is 5.69 Å². The molecule has 8 nitrogen and oxygen atoms in total. The summed E-state index contributed by atoms with van der Waals surface area (Å²) in [7, 11) is -0.296. The van der Waals surface area contributed by atoms with E-state index in [9.17, 15) is 18.0 Å². The molecular weight excluding hydrogens is 446 g/mol. The Labute approximate surface area is 192 Å². The number of sulfonamides is 1. The molecule has 0 saturated heterocycles. The second-order valence-corrected chi connectivity index (χ2v) is 8.94. The number of anilines is 1. The molecule has 0 aromatic heterocycles. The molecule has 0 heterocycles. The molecule has 0 radical (unpaired) electrons. The number of rotatable bonds is 8. The minimum Gasteiger partial charge on any atom is -0.489 e. The molecule has 3 rings (SSSR count). The fourth-order valence-electron chi connectivity index (χ4n) is 3.01. The lowest BCUT2D eigenvalue weighted by Gasteiger charge is -2.21. The molecule has 172 valence electrons. The van der Waals surface area contributed by atoms with Gasteiger partial charge in [0.15, 0.2) is 0 Å². The number of nitrogens with zero attached hydrogens (tertiary/aromatic N) is 1. The lowest BCUT2D eigenvalue weighted by molar-refractivity contribution is 0.0599. The molecule has 0 aliphatic heterocycles. The molecule has 9 heteroatoms. The van der Waals surface area contributed by atoms with E-state index in [1.54, 1.807) is 12.1 Å². The van der Waals surface area contributed by atoms with Gasteiger partial charge in [0.05, 0.1) is 35.9 Å². The lowest BCUT2D eigenvalue weighted by atomic mass is 10.1. The van der Waals surface area contributed by atoms with Crippen molar-refractivity contribution in [1.29, 1.82) is 0 Å². The van der Waals surface area contributed by atoms with Crippen molar-refractivity contribution in [2.24, 2.45) is 0 Å². The Kier molecular flexibility index (Phi) is 7.34. The van der Waals surface area contributed by atoms with Crippen LogP contribution < -0.4 is 9.04 Å². The topological polar surface area (TPSA) is 99.2 Å². The highest BCUT2D eigenvalue weighted by molar-refractivity contribution is 7.92. The molecule has 0 bridgehead atoms. The van der Waals surface area contributed by atoms with Crippen LogP contribution in [0.5, 0.6) is 5.75 Å². The van der Waals surface area contributed by atoms with Gasteiger partial charge in [-0.05, 0) is 48.0 Å². The summed E-state index contributed by atoms with van der Waals surface area (Å²) in [5, 5.41) is 0. The van der Waals surface area contributed by atoms with E-state index in [1.165, 1.54) is 51.6 Å². The van der Waals surface area contributed by atoms with Gasteiger partial charge in [-0.15, -0.1) is 0 Å². The molecule has 0 N–H and O–H groups in total. The van der Waals surface area contributed by atoms with Crippen molar-refractivity contribution >= 4 is 27.6 Å². The smallest absolute Gasteiger partial charge is 0.337 e. The second-order valence-electron chi connectivity index (χ2n) is 6.97. The van der Waals surface area contributed by atoms with Crippen LogP contribution in [0.2, 0.25) is 0 Å². The summed E-state index contributed by atoms with van der Waals surface area (Å²) in [5.41, 5.74) is 1.12. The van der Waals surface area contributed by atoms with Gasteiger partial charge in [-0.2, -0.15) is 0 Å². The third-order valence-corrected chi connectivity index (χ3v) is 6.65. The highest BCUT2D eigenvalue weighted by Gasteiger charge is 2.24. The van der Waals surface area contributed by atoms with Gasteiger partial charge in [0, 0.05) is 7.05 Å². The Morgan fingerprint density at radius 1 is 0.818 bits per heavy atom. The Morgan fingerprint density at radius 2 is 1.36 bits per heavy atom. The maximum absolute atomic E-state index is 13.2. The van der Waals surface area contributed by atoms with Crippen LogP contribution in [0.3, 0.4) is 0 Å². The monoisotopic (exact) mass is 469 g/mol. The van der Waals surface area contributed by atoms with Crippen molar-refractivity contribution in [1.82, 2.24) is 0 Å². The highest BCUT2D eigenvalue weighted by Crippen LogP contribution is 2.27. The van der Waals surface area contributed by atoms with E-state index in [0.717, 1.165) is 9.87 Å². The number of benzene rings is 3. The third-order valence-electron chi connectivity index (χ3n) is 4.85. The molecule has 0 fully saturated rings. The standard InChI is InChI=1S/C24H23NO7S/c1-25(20-14-18(23(26)30-2)13-19(15-20)24(27)31-3)33(28,29)22-11-9-21(10-12-22)32-16-17-7-5-4-6-8-17/h4-15H,16H2,1-3H3. The Morgan fingerprint density at radius 3 is 1.88 bits per heavy atom. The number of ether oxygens (including phenoxy) is 3. The fraction of sp³-hybridized carbons (Fsp3) is 0.167. The van der Waals surface area contributed by atoms with E-state index in [2.05, 4.69) is 0 Å². The summed E-state index contributed by atoms with van der Waals surface area (Å²) in [6, 6.07) is 19.5. The number of carbonyl (C=O) groups excluding carboxylic acids is 2. The largest absolute Gasteiger partial charge is 0.489 e. The van der Waals surface area contributed by atoms with Gasteiger partial charge in [0.1, 0.15) is 12.4 Å². The molecule has 0 saturated carbocycles. The van der Waals surface area contributed by atoms with E-state index in [1.807, 2.05) is 30.3 Å². The first-order valence-corrected chi connectivity index (χ1v) is 11.3. The average molecular weight is 470 g/mol. The maximum Gasteiger partial charge on any atom is 0.337 e. The first kappa shape index (κ1) is 23.8. The van der Waals surface area contributed by atoms with Gasteiger partial charge in [-0.1, -0.05) is 30.3 Å². The molecule has 0 amide bonds. The number of esters is 2. The molecule has 0 aliphatic rings.